The van der Waals surface area contributed by atoms with Crippen molar-refractivity contribution in [1.29, 1.82) is 0 Å². The topological polar surface area (TPSA) is 64.6 Å². The second-order valence-electron chi connectivity index (χ2n) is 5.22. The molecule has 0 amide bonds. The van der Waals surface area contributed by atoms with Crippen molar-refractivity contribution in [3.8, 4) is 11.5 Å². The molecule has 110 valence electrons. The van der Waals surface area contributed by atoms with Crippen LogP contribution < -0.4 is 9.47 Å². The van der Waals surface area contributed by atoms with E-state index in [0.29, 0.717) is 12.2 Å². The molecule has 0 spiro atoms. The molecule has 0 N–H and O–H groups in total. The Balaban J connectivity index is 1.81. The molecule has 0 aliphatic carbocycles. The lowest BCUT2D eigenvalue weighted by Gasteiger charge is -2.12. The first-order valence-electron chi connectivity index (χ1n) is 7.00. The zero-order valence-electron chi connectivity index (χ0n) is 11.7. The summed E-state index contributed by atoms with van der Waals surface area (Å²) in [5, 5.41) is 11.2. The molecule has 2 aliphatic heterocycles. The molecule has 0 atom stereocenters. The highest BCUT2D eigenvalue weighted by molar-refractivity contribution is 5.82. The van der Waals surface area contributed by atoms with Crippen molar-refractivity contribution in [2.45, 2.75) is 6.42 Å². The standard InChI is InChI=1S/C16H13N2O4/c19-18(20)14-4-2-1-3-13(14)17-6-5-11-7-15-16(22-10-21-15)8-12(11)9-17/h1-4,7-9H,5-6,10H2/q+1. The highest BCUT2D eigenvalue weighted by atomic mass is 16.7. The van der Waals surface area contributed by atoms with Crippen LogP contribution in [0.5, 0.6) is 11.5 Å². The lowest BCUT2D eigenvalue weighted by molar-refractivity contribution is -0.454. The second kappa shape index (κ2) is 4.84. The molecule has 0 saturated carbocycles. The number of fused-ring (bicyclic) bond motifs is 2. The van der Waals surface area contributed by atoms with Gasteiger partial charge in [-0.15, -0.1) is 0 Å². The fraction of sp³-hybridized carbons (Fsp3) is 0.188. The third-order valence-electron chi connectivity index (χ3n) is 3.94. The minimum atomic E-state index is -0.349. The number of nitrogens with zero attached hydrogens (tertiary/aromatic N) is 2. The van der Waals surface area contributed by atoms with Gasteiger partial charge in [-0.05, 0) is 17.7 Å². The van der Waals surface area contributed by atoms with Crippen molar-refractivity contribution in [2.24, 2.45) is 0 Å². The summed E-state index contributed by atoms with van der Waals surface area (Å²) in [7, 11) is 0. The van der Waals surface area contributed by atoms with Gasteiger partial charge in [0.05, 0.1) is 4.92 Å². The summed E-state index contributed by atoms with van der Waals surface area (Å²) in [4.78, 5) is 10.8. The van der Waals surface area contributed by atoms with Gasteiger partial charge in [-0.3, -0.25) is 10.1 Å². The fourth-order valence-corrected chi connectivity index (χ4v) is 2.86. The Bertz CT molecular complexity index is 814. The Hall–Kier alpha value is -2.89. The van der Waals surface area contributed by atoms with Crippen molar-refractivity contribution in [2.75, 3.05) is 13.3 Å². The monoisotopic (exact) mass is 297 g/mol. The third-order valence-corrected chi connectivity index (χ3v) is 3.94. The average molecular weight is 297 g/mol. The number of hydrogen-bond donors (Lipinski definition) is 0. The van der Waals surface area contributed by atoms with Crippen LogP contribution in [0.1, 0.15) is 11.1 Å². The smallest absolute Gasteiger partial charge is 0.339 e. The Labute approximate surface area is 126 Å². The molecule has 0 saturated heterocycles. The maximum Gasteiger partial charge on any atom is 0.339 e. The Morgan fingerprint density at radius 1 is 1.14 bits per heavy atom. The summed E-state index contributed by atoms with van der Waals surface area (Å²) in [5.41, 5.74) is 2.89. The van der Waals surface area contributed by atoms with Gasteiger partial charge in [0.25, 0.3) is 5.69 Å². The van der Waals surface area contributed by atoms with Crippen LogP contribution in [0.3, 0.4) is 0 Å². The normalized spacial score (nSPS) is 15.2. The minimum Gasteiger partial charge on any atom is -0.454 e. The van der Waals surface area contributed by atoms with Crippen LogP contribution in [0.4, 0.5) is 11.4 Å². The second-order valence-corrected chi connectivity index (χ2v) is 5.22. The number of ether oxygens (including phenoxy) is 2. The van der Waals surface area contributed by atoms with Crippen LogP contribution in [0.25, 0.3) is 0 Å². The summed E-state index contributed by atoms with van der Waals surface area (Å²) in [6, 6.07) is 10.7. The molecule has 0 bridgehead atoms. The van der Waals surface area contributed by atoms with E-state index in [4.69, 9.17) is 9.47 Å². The van der Waals surface area contributed by atoms with E-state index in [-0.39, 0.29) is 17.4 Å². The molecule has 6 nitrogen and oxygen atoms in total. The highest BCUT2D eigenvalue weighted by Gasteiger charge is 2.27. The van der Waals surface area contributed by atoms with E-state index in [9.17, 15) is 10.1 Å². The Morgan fingerprint density at radius 2 is 1.91 bits per heavy atom. The SMILES string of the molecule is O=[N+]([O-])c1ccccc1[N+]1=Cc2cc3c(cc2CC1)OCO3. The van der Waals surface area contributed by atoms with E-state index < -0.39 is 0 Å². The van der Waals surface area contributed by atoms with Gasteiger partial charge < -0.3 is 9.47 Å². The summed E-state index contributed by atoms with van der Waals surface area (Å²) >= 11 is 0. The van der Waals surface area contributed by atoms with Crippen molar-refractivity contribution in [1.82, 2.24) is 0 Å². The maximum absolute atomic E-state index is 11.2. The van der Waals surface area contributed by atoms with E-state index in [1.807, 2.05) is 29.0 Å². The van der Waals surface area contributed by atoms with Crippen LogP contribution in [0.15, 0.2) is 36.4 Å². The first-order chi connectivity index (χ1) is 10.7. The summed E-state index contributed by atoms with van der Waals surface area (Å²) in [6.07, 6.45) is 2.73. The molecule has 2 aromatic rings. The molecule has 2 aromatic carbocycles. The van der Waals surface area contributed by atoms with Crippen molar-refractivity contribution < 1.29 is 19.0 Å². The van der Waals surface area contributed by atoms with Gasteiger partial charge in [-0.1, -0.05) is 12.1 Å². The molecule has 2 aliphatic rings. The van der Waals surface area contributed by atoms with Crippen molar-refractivity contribution >= 4 is 17.6 Å². The number of para-hydroxylation sites is 2. The van der Waals surface area contributed by atoms with E-state index in [2.05, 4.69) is 0 Å². The van der Waals surface area contributed by atoms with Gasteiger partial charge in [0.2, 0.25) is 6.79 Å². The van der Waals surface area contributed by atoms with E-state index in [1.165, 1.54) is 11.6 Å². The van der Waals surface area contributed by atoms with Gasteiger partial charge in [-0.25, -0.2) is 0 Å². The molecule has 6 heteroatoms. The Morgan fingerprint density at radius 3 is 2.73 bits per heavy atom. The number of nitro groups is 1. The van der Waals surface area contributed by atoms with Crippen LogP contribution in [-0.2, 0) is 6.42 Å². The molecule has 22 heavy (non-hydrogen) atoms. The molecular formula is C16H13N2O4+. The summed E-state index contributed by atoms with van der Waals surface area (Å²) in [6.45, 7) is 0.934. The van der Waals surface area contributed by atoms with Gasteiger partial charge in [0.15, 0.2) is 24.3 Å². The lowest BCUT2D eigenvalue weighted by atomic mass is 10.0. The summed E-state index contributed by atoms with van der Waals surface area (Å²) < 4.78 is 12.7. The quantitative estimate of drug-likeness (QED) is 0.485. The largest absolute Gasteiger partial charge is 0.454 e. The van der Waals surface area contributed by atoms with Crippen LogP contribution in [0, 0.1) is 10.1 Å². The Kier molecular flexibility index (Phi) is 2.82. The van der Waals surface area contributed by atoms with Gasteiger partial charge in [-0.2, -0.15) is 4.58 Å². The first-order valence-corrected chi connectivity index (χ1v) is 7.00. The molecule has 4 rings (SSSR count). The molecule has 0 unspecified atom stereocenters. The van der Waals surface area contributed by atoms with E-state index in [0.717, 1.165) is 23.5 Å². The summed E-state index contributed by atoms with van der Waals surface area (Å²) in [5.74, 6) is 1.49. The fourth-order valence-electron chi connectivity index (χ4n) is 2.86. The van der Waals surface area contributed by atoms with Crippen LogP contribution >= 0.6 is 0 Å². The highest BCUT2D eigenvalue weighted by Crippen LogP contribution is 2.36. The van der Waals surface area contributed by atoms with Gasteiger partial charge in [0.1, 0.15) is 0 Å². The van der Waals surface area contributed by atoms with Gasteiger partial charge >= 0.3 is 5.69 Å². The molecule has 2 heterocycles. The molecular weight excluding hydrogens is 284 g/mol. The number of rotatable bonds is 2. The lowest BCUT2D eigenvalue weighted by Crippen LogP contribution is -2.19. The van der Waals surface area contributed by atoms with Crippen LogP contribution in [-0.4, -0.2) is 29.1 Å². The number of benzene rings is 2. The molecule has 0 fully saturated rings. The third kappa shape index (κ3) is 2.00. The van der Waals surface area contributed by atoms with E-state index in [1.54, 1.807) is 12.1 Å². The predicted molar refractivity (Wildman–Crippen MR) is 79.3 cm³/mol. The molecule has 0 aromatic heterocycles. The number of hydrogen-bond acceptors (Lipinski definition) is 4. The minimum absolute atomic E-state index is 0.114. The number of nitro benzene ring substituents is 1. The maximum atomic E-state index is 11.2. The predicted octanol–water partition coefficient (Wildman–Crippen LogP) is 2.64. The van der Waals surface area contributed by atoms with Crippen LogP contribution in [0.2, 0.25) is 0 Å². The zero-order chi connectivity index (χ0) is 15.1. The van der Waals surface area contributed by atoms with Crippen molar-refractivity contribution in [3.05, 3.63) is 57.6 Å². The average Bonchev–Trinajstić information content (AvgIpc) is 2.99. The van der Waals surface area contributed by atoms with Gasteiger partial charge in [0, 0.05) is 24.1 Å². The molecule has 0 radical (unpaired) electrons. The van der Waals surface area contributed by atoms with E-state index >= 15 is 0 Å². The zero-order valence-corrected chi connectivity index (χ0v) is 11.7. The van der Waals surface area contributed by atoms with Crippen molar-refractivity contribution in [3.63, 3.8) is 0 Å². The first kappa shape index (κ1) is 12.8.